The molecule has 2 aliphatic rings. The van der Waals surface area contributed by atoms with Crippen LogP contribution in [-0.2, 0) is 19.2 Å². The third-order valence-electron chi connectivity index (χ3n) is 4.81. The minimum Gasteiger partial charge on any atom is -0.444 e. The predicted molar refractivity (Wildman–Crippen MR) is 101 cm³/mol. The number of amides is 2. The average molecular weight is 391 g/mol. The van der Waals surface area contributed by atoms with E-state index in [1.54, 1.807) is 4.90 Å². The van der Waals surface area contributed by atoms with E-state index in [0.717, 1.165) is 11.4 Å². The van der Waals surface area contributed by atoms with Crippen molar-refractivity contribution in [2.24, 2.45) is 0 Å². The SMILES string of the molecule is CC(=O)CC[C@H]1CN(c2ccc(N3CCON(C(=O)CO)CC3)cc2)C(=O)O1. The molecule has 0 aromatic heterocycles. The number of ether oxygens (including phenoxy) is 1. The van der Waals surface area contributed by atoms with Crippen molar-refractivity contribution in [3.05, 3.63) is 24.3 Å². The molecule has 3 rings (SSSR count). The topological polar surface area (TPSA) is 99.6 Å². The van der Waals surface area contributed by atoms with Crippen molar-refractivity contribution in [1.82, 2.24) is 5.06 Å². The Hall–Kier alpha value is -2.65. The van der Waals surface area contributed by atoms with Crippen LogP contribution in [0.15, 0.2) is 24.3 Å². The molecule has 1 aromatic carbocycles. The number of benzene rings is 1. The van der Waals surface area contributed by atoms with Gasteiger partial charge in [-0.3, -0.25) is 14.5 Å². The molecule has 0 bridgehead atoms. The number of anilines is 2. The zero-order valence-corrected chi connectivity index (χ0v) is 15.9. The van der Waals surface area contributed by atoms with Crippen LogP contribution in [0.25, 0.3) is 0 Å². The summed E-state index contributed by atoms with van der Waals surface area (Å²) >= 11 is 0. The van der Waals surface area contributed by atoms with Gasteiger partial charge in [-0.2, -0.15) is 0 Å². The maximum Gasteiger partial charge on any atom is 0.414 e. The lowest BCUT2D eigenvalue weighted by molar-refractivity contribution is -0.184. The smallest absolute Gasteiger partial charge is 0.414 e. The van der Waals surface area contributed by atoms with Crippen LogP contribution in [0.5, 0.6) is 0 Å². The van der Waals surface area contributed by atoms with Gasteiger partial charge >= 0.3 is 6.09 Å². The maximum atomic E-state index is 12.1. The molecule has 1 N–H and O–H groups in total. The van der Waals surface area contributed by atoms with Crippen LogP contribution in [0.2, 0.25) is 0 Å². The zero-order chi connectivity index (χ0) is 20.1. The number of Topliss-reactive ketones (excluding diaryl/α,β-unsaturated/α-hetero) is 1. The van der Waals surface area contributed by atoms with E-state index in [2.05, 4.69) is 4.90 Å². The van der Waals surface area contributed by atoms with Gasteiger partial charge in [0, 0.05) is 30.9 Å². The zero-order valence-electron chi connectivity index (χ0n) is 15.9. The van der Waals surface area contributed by atoms with Crippen LogP contribution in [0.4, 0.5) is 16.2 Å². The molecule has 0 radical (unpaired) electrons. The van der Waals surface area contributed by atoms with Gasteiger partial charge in [0.1, 0.15) is 18.5 Å². The number of cyclic esters (lactones) is 1. The maximum absolute atomic E-state index is 12.1. The minimum absolute atomic E-state index is 0.0829. The summed E-state index contributed by atoms with van der Waals surface area (Å²) in [4.78, 5) is 43.8. The van der Waals surface area contributed by atoms with Crippen molar-refractivity contribution in [3.8, 4) is 0 Å². The lowest BCUT2D eigenvalue weighted by atomic mass is 10.1. The molecular weight excluding hydrogens is 366 g/mol. The quantitative estimate of drug-likeness (QED) is 0.771. The standard InChI is InChI=1S/C19H25N3O6/c1-14(24)2-7-17-12-21(19(26)28-17)16-5-3-15(4-6-16)20-8-9-22(18(25)13-23)27-11-10-20/h3-6,17,23H,2,7-13H2,1H3/t17-/m0/s1. The van der Waals surface area contributed by atoms with Crippen molar-refractivity contribution in [1.29, 1.82) is 0 Å². The summed E-state index contributed by atoms with van der Waals surface area (Å²) in [5.74, 6) is -0.372. The third-order valence-corrected chi connectivity index (χ3v) is 4.81. The molecule has 1 atom stereocenters. The van der Waals surface area contributed by atoms with E-state index >= 15 is 0 Å². The number of hydroxylamine groups is 2. The predicted octanol–water partition coefficient (Wildman–Crippen LogP) is 0.953. The Labute approximate surface area is 163 Å². The largest absolute Gasteiger partial charge is 0.444 e. The van der Waals surface area contributed by atoms with Gasteiger partial charge in [0.25, 0.3) is 5.91 Å². The minimum atomic E-state index is -0.575. The number of carbonyl (C=O) groups is 3. The molecule has 1 aromatic rings. The van der Waals surface area contributed by atoms with Gasteiger partial charge in [-0.1, -0.05) is 0 Å². The van der Waals surface area contributed by atoms with Gasteiger partial charge in [-0.15, -0.1) is 0 Å². The number of nitrogens with zero attached hydrogens (tertiary/aromatic N) is 3. The highest BCUT2D eigenvalue weighted by atomic mass is 16.7. The van der Waals surface area contributed by atoms with Crippen LogP contribution in [0.1, 0.15) is 19.8 Å². The summed E-state index contributed by atoms with van der Waals surface area (Å²) in [6, 6.07) is 7.53. The summed E-state index contributed by atoms with van der Waals surface area (Å²) < 4.78 is 5.34. The summed E-state index contributed by atoms with van der Waals surface area (Å²) in [7, 11) is 0. The summed E-state index contributed by atoms with van der Waals surface area (Å²) in [6.45, 7) is 3.26. The van der Waals surface area contributed by atoms with Gasteiger partial charge in [0.15, 0.2) is 0 Å². The van der Waals surface area contributed by atoms with E-state index in [9.17, 15) is 14.4 Å². The highest BCUT2D eigenvalue weighted by Gasteiger charge is 2.32. The fourth-order valence-electron chi connectivity index (χ4n) is 3.27. The van der Waals surface area contributed by atoms with Crippen molar-refractivity contribution in [3.63, 3.8) is 0 Å². The highest BCUT2D eigenvalue weighted by molar-refractivity contribution is 5.90. The van der Waals surface area contributed by atoms with Crippen molar-refractivity contribution >= 4 is 29.2 Å². The number of ketones is 1. The number of carbonyl (C=O) groups excluding carboxylic acids is 3. The Morgan fingerprint density at radius 2 is 1.86 bits per heavy atom. The molecule has 2 fully saturated rings. The number of aliphatic hydroxyl groups excluding tert-OH is 1. The molecule has 9 heteroatoms. The molecule has 2 aliphatic heterocycles. The van der Waals surface area contributed by atoms with Gasteiger partial charge in [-0.25, -0.2) is 9.86 Å². The van der Waals surface area contributed by atoms with Gasteiger partial charge in [0.2, 0.25) is 0 Å². The number of hydrogen-bond donors (Lipinski definition) is 1. The lowest BCUT2D eigenvalue weighted by Gasteiger charge is -2.23. The summed E-state index contributed by atoms with van der Waals surface area (Å²) in [5.41, 5.74) is 1.69. The lowest BCUT2D eigenvalue weighted by Crippen LogP contribution is -2.36. The number of hydrogen-bond acceptors (Lipinski definition) is 7. The molecule has 152 valence electrons. The first-order valence-corrected chi connectivity index (χ1v) is 9.34. The van der Waals surface area contributed by atoms with Crippen LogP contribution in [0.3, 0.4) is 0 Å². The van der Waals surface area contributed by atoms with Crippen molar-refractivity contribution < 1.29 is 29.1 Å². The number of aliphatic hydroxyl groups is 1. The summed E-state index contributed by atoms with van der Waals surface area (Å²) in [5, 5.41) is 10.1. The first-order valence-electron chi connectivity index (χ1n) is 9.34. The Morgan fingerprint density at radius 1 is 1.14 bits per heavy atom. The molecule has 0 spiro atoms. The van der Waals surface area contributed by atoms with E-state index in [1.165, 1.54) is 12.0 Å². The molecule has 2 amide bonds. The van der Waals surface area contributed by atoms with Crippen LogP contribution in [0, 0.1) is 0 Å². The highest BCUT2D eigenvalue weighted by Crippen LogP contribution is 2.26. The van der Waals surface area contributed by atoms with Gasteiger partial charge < -0.3 is 19.5 Å². The fourth-order valence-corrected chi connectivity index (χ4v) is 3.27. The second-order valence-electron chi connectivity index (χ2n) is 6.85. The Bertz CT molecular complexity index is 723. The van der Waals surface area contributed by atoms with Gasteiger partial charge in [0.05, 0.1) is 19.7 Å². The monoisotopic (exact) mass is 391 g/mol. The van der Waals surface area contributed by atoms with E-state index in [4.69, 9.17) is 14.7 Å². The van der Waals surface area contributed by atoms with E-state index in [1.807, 2.05) is 24.3 Å². The van der Waals surface area contributed by atoms with E-state index in [0.29, 0.717) is 45.6 Å². The average Bonchev–Trinajstić information content (AvgIpc) is 2.90. The van der Waals surface area contributed by atoms with E-state index < -0.39 is 18.6 Å². The molecule has 0 unspecified atom stereocenters. The van der Waals surface area contributed by atoms with Crippen LogP contribution in [-0.4, -0.2) is 73.5 Å². The van der Waals surface area contributed by atoms with Crippen LogP contribution < -0.4 is 9.80 Å². The Morgan fingerprint density at radius 3 is 2.54 bits per heavy atom. The normalized spacial score (nSPS) is 20.1. The molecule has 2 saturated heterocycles. The summed E-state index contributed by atoms with van der Waals surface area (Å²) in [6.07, 6.45) is 0.265. The van der Waals surface area contributed by atoms with E-state index in [-0.39, 0.29) is 11.9 Å². The molecule has 0 saturated carbocycles. The second kappa shape index (κ2) is 9.03. The van der Waals surface area contributed by atoms with Crippen LogP contribution >= 0.6 is 0 Å². The molecule has 9 nitrogen and oxygen atoms in total. The Balaban J connectivity index is 1.60. The molecule has 2 heterocycles. The second-order valence-corrected chi connectivity index (χ2v) is 6.85. The molecular formula is C19H25N3O6. The first kappa shape index (κ1) is 20.1. The van der Waals surface area contributed by atoms with Gasteiger partial charge in [-0.05, 0) is 37.6 Å². The van der Waals surface area contributed by atoms with Crippen molar-refractivity contribution in [2.75, 3.05) is 49.2 Å². The molecule has 0 aliphatic carbocycles. The third kappa shape index (κ3) is 4.79. The first-order chi connectivity index (χ1) is 13.5. The number of rotatable bonds is 6. The Kier molecular flexibility index (Phi) is 6.48. The molecule has 28 heavy (non-hydrogen) atoms. The van der Waals surface area contributed by atoms with Crippen molar-refractivity contribution in [2.45, 2.75) is 25.9 Å². The fraction of sp³-hybridized carbons (Fsp3) is 0.526.